The zero-order valence-corrected chi connectivity index (χ0v) is 21.6. The minimum atomic E-state index is -0.329. The molecule has 0 fully saturated rings. The van der Waals surface area contributed by atoms with E-state index in [1.807, 2.05) is 55.5 Å². The number of thiophene rings is 1. The van der Waals surface area contributed by atoms with Crippen molar-refractivity contribution in [2.24, 2.45) is 0 Å². The Morgan fingerprint density at radius 1 is 1.00 bits per heavy atom. The Labute approximate surface area is 215 Å². The van der Waals surface area contributed by atoms with Gasteiger partial charge in [-0.3, -0.25) is 4.79 Å². The third kappa shape index (κ3) is 5.91. The molecule has 1 aliphatic heterocycles. The molecule has 36 heavy (non-hydrogen) atoms. The molecule has 0 saturated heterocycles. The number of benzene rings is 2. The number of hydrogen-bond acceptors (Lipinski definition) is 7. The molecule has 0 radical (unpaired) electrons. The Bertz CT molecular complexity index is 1190. The van der Waals surface area contributed by atoms with Crippen molar-refractivity contribution in [1.82, 2.24) is 4.90 Å². The van der Waals surface area contributed by atoms with Crippen LogP contribution in [0.3, 0.4) is 0 Å². The van der Waals surface area contributed by atoms with Gasteiger partial charge >= 0.3 is 6.09 Å². The van der Waals surface area contributed by atoms with Crippen molar-refractivity contribution in [3.63, 3.8) is 0 Å². The summed E-state index contributed by atoms with van der Waals surface area (Å²) in [6.45, 7) is 6.11. The second kappa shape index (κ2) is 11.8. The molecule has 0 unspecified atom stereocenters. The zero-order chi connectivity index (χ0) is 25.5. The minimum absolute atomic E-state index is 0.182. The summed E-state index contributed by atoms with van der Waals surface area (Å²) in [5.74, 6) is 1.36. The number of nitrogens with one attached hydrogen (secondary N) is 2. The van der Waals surface area contributed by atoms with E-state index in [0.29, 0.717) is 50.5 Å². The van der Waals surface area contributed by atoms with E-state index in [9.17, 15) is 9.59 Å². The van der Waals surface area contributed by atoms with Crippen LogP contribution in [0.15, 0.2) is 48.5 Å². The van der Waals surface area contributed by atoms with Crippen LogP contribution in [0.25, 0.3) is 0 Å². The molecule has 0 atom stereocenters. The van der Waals surface area contributed by atoms with Crippen molar-refractivity contribution >= 4 is 34.0 Å². The monoisotopic (exact) mass is 509 g/mol. The average Bonchev–Trinajstić information content (AvgIpc) is 3.27. The Hall–Kier alpha value is -3.72. The number of anilines is 2. The predicted octanol–water partition coefficient (Wildman–Crippen LogP) is 5.53. The normalized spacial score (nSPS) is 12.5. The van der Waals surface area contributed by atoms with Gasteiger partial charge in [0, 0.05) is 23.7 Å². The molecule has 4 rings (SSSR count). The minimum Gasteiger partial charge on any atom is -0.497 e. The largest absolute Gasteiger partial charge is 0.497 e. The summed E-state index contributed by atoms with van der Waals surface area (Å²) < 4.78 is 15.9. The molecule has 0 saturated carbocycles. The van der Waals surface area contributed by atoms with Crippen LogP contribution in [0, 0.1) is 0 Å². The van der Waals surface area contributed by atoms with Crippen LogP contribution < -0.4 is 20.1 Å². The number of ether oxygens (including phenoxy) is 3. The Morgan fingerprint density at radius 3 is 2.39 bits per heavy atom. The smallest absolute Gasteiger partial charge is 0.410 e. The van der Waals surface area contributed by atoms with Crippen molar-refractivity contribution in [3.8, 4) is 11.5 Å². The molecule has 9 heteroatoms. The summed E-state index contributed by atoms with van der Waals surface area (Å²) in [5, 5.41) is 7.25. The molecule has 0 aliphatic carbocycles. The van der Waals surface area contributed by atoms with E-state index in [0.717, 1.165) is 32.5 Å². The van der Waals surface area contributed by atoms with Crippen molar-refractivity contribution in [1.29, 1.82) is 0 Å². The van der Waals surface area contributed by atoms with E-state index in [4.69, 9.17) is 14.2 Å². The van der Waals surface area contributed by atoms with Crippen molar-refractivity contribution < 1.29 is 23.8 Å². The van der Waals surface area contributed by atoms with Gasteiger partial charge in [-0.2, -0.15) is 0 Å². The first-order valence-electron chi connectivity index (χ1n) is 12.0. The lowest BCUT2D eigenvalue weighted by Gasteiger charge is -2.26. The fourth-order valence-electron chi connectivity index (χ4n) is 4.06. The molecule has 2 amide bonds. The molecule has 2 aromatic carbocycles. The molecular weight excluding hydrogens is 478 g/mol. The van der Waals surface area contributed by atoms with Gasteiger partial charge < -0.3 is 29.7 Å². The Kier molecular flexibility index (Phi) is 8.32. The first kappa shape index (κ1) is 25.4. The zero-order valence-electron chi connectivity index (χ0n) is 20.8. The number of amides is 2. The van der Waals surface area contributed by atoms with E-state index in [2.05, 4.69) is 10.6 Å². The van der Waals surface area contributed by atoms with Crippen LogP contribution in [-0.2, 0) is 24.2 Å². The number of carbonyl (C=O) groups excluding carboxylic acids is 2. The second-order valence-electron chi connectivity index (χ2n) is 8.19. The summed E-state index contributed by atoms with van der Waals surface area (Å²) in [6.07, 6.45) is 0.255. The molecule has 8 nitrogen and oxygen atoms in total. The molecule has 2 N–H and O–H groups in total. The number of fused-ring (bicyclic) bond motifs is 1. The van der Waals surface area contributed by atoms with Gasteiger partial charge in [0.25, 0.3) is 5.91 Å². The number of rotatable bonds is 9. The fraction of sp³-hybridized carbons (Fsp3) is 0.333. The SMILES string of the molecule is CCOC(=O)N1CCc2c(sc(NCc3ccc(OC)cc3)c2C(=O)Nc2ccc(OCC)cc2)C1. The van der Waals surface area contributed by atoms with Gasteiger partial charge in [0.15, 0.2) is 0 Å². The lowest BCUT2D eigenvalue weighted by atomic mass is 10.0. The van der Waals surface area contributed by atoms with Crippen LogP contribution in [0.5, 0.6) is 11.5 Å². The maximum Gasteiger partial charge on any atom is 0.410 e. The summed E-state index contributed by atoms with van der Waals surface area (Å²) in [7, 11) is 1.64. The average molecular weight is 510 g/mol. The van der Waals surface area contributed by atoms with Crippen LogP contribution >= 0.6 is 11.3 Å². The molecular formula is C27H31N3O5S. The highest BCUT2D eigenvalue weighted by molar-refractivity contribution is 7.16. The standard InChI is InChI=1S/C27H31N3O5S/c1-4-34-21-12-8-19(9-13-21)29-25(31)24-22-14-15-30(27(32)35-5-2)17-23(22)36-26(24)28-16-18-6-10-20(33-3)11-7-18/h6-13,28H,4-5,14-17H2,1-3H3,(H,29,31). The van der Waals surface area contributed by atoms with E-state index < -0.39 is 0 Å². The maximum atomic E-state index is 13.5. The van der Waals surface area contributed by atoms with Gasteiger partial charge in [0.2, 0.25) is 0 Å². The van der Waals surface area contributed by atoms with Gasteiger partial charge in [-0.25, -0.2) is 4.79 Å². The van der Waals surface area contributed by atoms with Gasteiger partial charge in [-0.15, -0.1) is 11.3 Å². The van der Waals surface area contributed by atoms with Crippen LogP contribution in [0.2, 0.25) is 0 Å². The fourth-order valence-corrected chi connectivity index (χ4v) is 5.32. The molecule has 2 heterocycles. The predicted molar refractivity (Wildman–Crippen MR) is 141 cm³/mol. The number of hydrogen-bond donors (Lipinski definition) is 2. The molecule has 0 bridgehead atoms. The highest BCUT2D eigenvalue weighted by Crippen LogP contribution is 2.38. The summed E-state index contributed by atoms with van der Waals surface area (Å²) in [6, 6.07) is 15.1. The van der Waals surface area contributed by atoms with E-state index in [1.54, 1.807) is 18.9 Å². The molecule has 1 aromatic heterocycles. The Morgan fingerprint density at radius 2 is 1.72 bits per heavy atom. The van der Waals surface area contributed by atoms with Crippen LogP contribution in [0.1, 0.15) is 40.2 Å². The van der Waals surface area contributed by atoms with Crippen molar-refractivity contribution in [3.05, 3.63) is 70.1 Å². The summed E-state index contributed by atoms with van der Waals surface area (Å²) in [5.41, 5.74) is 3.35. The van der Waals surface area contributed by atoms with E-state index in [-0.39, 0.29) is 12.0 Å². The maximum absolute atomic E-state index is 13.5. The summed E-state index contributed by atoms with van der Waals surface area (Å²) >= 11 is 1.51. The van der Waals surface area contributed by atoms with E-state index in [1.165, 1.54) is 11.3 Å². The number of nitrogens with zero attached hydrogens (tertiary/aromatic N) is 1. The molecule has 3 aromatic rings. The topological polar surface area (TPSA) is 89.1 Å². The third-order valence-corrected chi connectivity index (χ3v) is 7.02. The van der Waals surface area contributed by atoms with Crippen molar-refractivity contribution in [2.45, 2.75) is 33.4 Å². The van der Waals surface area contributed by atoms with Crippen LogP contribution in [0.4, 0.5) is 15.5 Å². The molecule has 0 spiro atoms. The lowest BCUT2D eigenvalue weighted by molar-refractivity contribution is 0.102. The van der Waals surface area contributed by atoms with Gasteiger partial charge in [0.05, 0.1) is 32.4 Å². The number of methoxy groups -OCH3 is 1. The quantitative estimate of drug-likeness (QED) is 0.394. The Balaban J connectivity index is 1.57. The first-order chi connectivity index (χ1) is 17.5. The highest BCUT2D eigenvalue weighted by atomic mass is 32.1. The summed E-state index contributed by atoms with van der Waals surface area (Å²) in [4.78, 5) is 28.5. The third-order valence-electron chi connectivity index (χ3n) is 5.85. The van der Waals surface area contributed by atoms with Gasteiger partial charge in [0.1, 0.15) is 16.5 Å². The molecule has 190 valence electrons. The van der Waals surface area contributed by atoms with Gasteiger partial charge in [-0.05, 0) is 67.8 Å². The molecule has 1 aliphatic rings. The van der Waals surface area contributed by atoms with Crippen molar-refractivity contribution in [2.75, 3.05) is 37.5 Å². The van der Waals surface area contributed by atoms with Crippen LogP contribution in [-0.4, -0.2) is 43.8 Å². The van der Waals surface area contributed by atoms with E-state index >= 15 is 0 Å². The lowest BCUT2D eigenvalue weighted by Crippen LogP contribution is -2.36. The highest BCUT2D eigenvalue weighted by Gasteiger charge is 2.30. The number of carbonyl (C=O) groups is 2. The second-order valence-corrected chi connectivity index (χ2v) is 9.30. The first-order valence-corrected chi connectivity index (χ1v) is 12.8. The van der Waals surface area contributed by atoms with Gasteiger partial charge in [-0.1, -0.05) is 12.1 Å².